The van der Waals surface area contributed by atoms with Crippen LogP contribution in [0.3, 0.4) is 0 Å². The molecule has 0 aliphatic rings. The van der Waals surface area contributed by atoms with Crippen molar-refractivity contribution in [2.45, 2.75) is 13.5 Å². The second-order valence-electron chi connectivity index (χ2n) is 4.01. The van der Waals surface area contributed by atoms with Gasteiger partial charge in [0, 0.05) is 19.6 Å². The number of methoxy groups -OCH3 is 1. The van der Waals surface area contributed by atoms with Crippen LogP contribution in [0.15, 0.2) is 24.3 Å². The van der Waals surface area contributed by atoms with Crippen molar-refractivity contribution in [1.29, 1.82) is 0 Å². The lowest BCUT2D eigenvalue weighted by atomic mass is 10.2. The molecule has 0 unspecified atom stereocenters. The number of benzene rings is 1. The van der Waals surface area contributed by atoms with Crippen LogP contribution in [-0.4, -0.2) is 29.2 Å². The largest absolute Gasteiger partial charge is 0.427 e. The highest BCUT2D eigenvalue weighted by atomic mass is 32.1. The van der Waals surface area contributed by atoms with E-state index in [9.17, 15) is 9.59 Å². The number of carbonyl (C=O) groups excluding carboxylic acids is 2. The van der Waals surface area contributed by atoms with Gasteiger partial charge in [-0.05, 0) is 24.3 Å². The van der Waals surface area contributed by atoms with E-state index in [4.69, 9.17) is 9.47 Å². The predicted octanol–water partition coefficient (Wildman–Crippen LogP) is 1.86. The fraction of sp³-hybridized carbons (Fsp3) is 0.231. The minimum Gasteiger partial charge on any atom is -0.427 e. The van der Waals surface area contributed by atoms with Gasteiger partial charge in [0.15, 0.2) is 0 Å². The molecule has 0 saturated carbocycles. The van der Waals surface area contributed by atoms with Crippen molar-refractivity contribution >= 4 is 28.3 Å². The number of amides is 1. The number of hydrogen-bond acceptors (Lipinski definition) is 7. The second kappa shape index (κ2) is 6.91. The van der Waals surface area contributed by atoms with Crippen molar-refractivity contribution in [3.05, 3.63) is 34.8 Å². The van der Waals surface area contributed by atoms with Gasteiger partial charge < -0.3 is 9.47 Å². The molecule has 110 valence electrons. The Balaban J connectivity index is 2.00. The minimum atomic E-state index is -0.410. The zero-order valence-electron chi connectivity index (χ0n) is 11.5. The van der Waals surface area contributed by atoms with E-state index in [1.165, 1.54) is 18.3 Å². The Kier molecular flexibility index (Phi) is 4.96. The summed E-state index contributed by atoms with van der Waals surface area (Å²) in [6.45, 7) is 1.66. The fourth-order valence-corrected chi connectivity index (χ4v) is 2.20. The Morgan fingerprint density at radius 2 is 1.95 bits per heavy atom. The number of nitrogens with one attached hydrogen (secondary N) is 1. The molecular formula is C13H13N3O4S. The first-order valence-electron chi connectivity index (χ1n) is 5.99. The summed E-state index contributed by atoms with van der Waals surface area (Å²) < 4.78 is 9.82. The van der Waals surface area contributed by atoms with Gasteiger partial charge in [0.2, 0.25) is 5.13 Å². The number of nitrogens with zero attached hydrogens (tertiary/aromatic N) is 2. The van der Waals surface area contributed by atoms with Crippen LogP contribution in [0, 0.1) is 0 Å². The first kappa shape index (κ1) is 15.1. The lowest BCUT2D eigenvalue weighted by molar-refractivity contribution is -0.131. The smallest absolute Gasteiger partial charge is 0.308 e. The van der Waals surface area contributed by atoms with Crippen molar-refractivity contribution in [2.24, 2.45) is 0 Å². The lowest BCUT2D eigenvalue weighted by Crippen LogP contribution is -2.11. The van der Waals surface area contributed by atoms with Crippen LogP contribution in [0.1, 0.15) is 22.3 Å². The van der Waals surface area contributed by atoms with E-state index in [-0.39, 0.29) is 5.91 Å². The Hall–Kier alpha value is -2.32. The third kappa shape index (κ3) is 4.33. The van der Waals surface area contributed by atoms with E-state index in [1.54, 1.807) is 31.4 Å². The molecule has 1 N–H and O–H groups in total. The zero-order chi connectivity index (χ0) is 15.2. The van der Waals surface area contributed by atoms with Gasteiger partial charge >= 0.3 is 5.97 Å². The van der Waals surface area contributed by atoms with Crippen molar-refractivity contribution < 1.29 is 19.1 Å². The maximum Gasteiger partial charge on any atom is 0.308 e. The number of carbonyl (C=O) groups is 2. The van der Waals surface area contributed by atoms with Gasteiger partial charge in [0.1, 0.15) is 17.4 Å². The van der Waals surface area contributed by atoms with Crippen molar-refractivity contribution in [3.8, 4) is 5.75 Å². The van der Waals surface area contributed by atoms with E-state index in [1.807, 2.05) is 0 Å². The maximum absolute atomic E-state index is 12.0. The maximum atomic E-state index is 12.0. The van der Waals surface area contributed by atoms with Crippen LogP contribution >= 0.6 is 11.3 Å². The van der Waals surface area contributed by atoms with Crippen LogP contribution in [-0.2, 0) is 16.1 Å². The summed E-state index contributed by atoms with van der Waals surface area (Å²) >= 11 is 1.24. The van der Waals surface area contributed by atoms with Gasteiger partial charge in [0.25, 0.3) is 5.91 Å². The number of aromatic nitrogens is 2. The molecule has 0 atom stereocenters. The third-order valence-electron chi connectivity index (χ3n) is 2.33. The zero-order valence-corrected chi connectivity index (χ0v) is 12.3. The summed E-state index contributed by atoms with van der Waals surface area (Å²) in [6.07, 6.45) is 0. The third-order valence-corrected chi connectivity index (χ3v) is 3.15. The minimum absolute atomic E-state index is 0.315. The molecule has 1 amide bonds. The molecule has 21 heavy (non-hydrogen) atoms. The van der Waals surface area contributed by atoms with E-state index >= 15 is 0 Å². The summed E-state index contributed by atoms with van der Waals surface area (Å²) in [5.41, 5.74) is 0.425. The number of ether oxygens (including phenoxy) is 2. The van der Waals surface area contributed by atoms with E-state index < -0.39 is 5.97 Å². The Morgan fingerprint density at radius 3 is 2.57 bits per heavy atom. The van der Waals surface area contributed by atoms with Gasteiger partial charge in [-0.25, -0.2) is 0 Å². The average Bonchev–Trinajstić information content (AvgIpc) is 2.86. The molecule has 0 radical (unpaired) electrons. The van der Waals surface area contributed by atoms with Crippen LogP contribution in [0.2, 0.25) is 0 Å². The molecule has 2 rings (SSSR count). The lowest BCUT2D eigenvalue weighted by Gasteiger charge is -2.03. The highest BCUT2D eigenvalue weighted by Crippen LogP contribution is 2.18. The number of anilines is 1. The van der Waals surface area contributed by atoms with E-state index in [2.05, 4.69) is 15.5 Å². The molecule has 7 nitrogen and oxygen atoms in total. The predicted molar refractivity (Wildman–Crippen MR) is 76.3 cm³/mol. The summed E-state index contributed by atoms with van der Waals surface area (Å²) in [5.74, 6) is -0.339. The molecule has 0 aliphatic carbocycles. The molecule has 1 heterocycles. The molecule has 8 heteroatoms. The molecule has 1 aromatic heterocycles. The Bertz CT molecular complexity index is 639. The second-order valence-corrected chi connectivity index (χ2v) is 5.07. The van der Waals surface area contributed by atoms with Crippen molar-refractivity contribution in [3.63, 3.8) is 0 Å². The van der Waals surface area contributed by atoms with Crippen molar-refractivity contribution in [1.82, 2.24) is 10.2 Å². The van der Waals surface area contributed by atoms with Gasteiger partial charge in [-0.1, -0.05) is 11.3 Å². The van der Waals surface area contributed by atoms with Gasteiger partial charge in [-0.3, -0.25) is 14.9 Å². The highest BCUT2D eigenvalue weighted by molar-refractivity contribution is 7.15. The molecule has 0 saturated heterocycles. The van der Waals surface area contributed by atoms with Crippen LogP contribution in [0.25, 0.3) is 0 Å². The molecular weight excluding hydrogens is 294 g/mol. The highest BCUT2D eigenvalue weighted by Gasteiger charge is 2.10. The van der Waals surface area contributed by atoms with Crippen LogP contribution < -0.4 is 10.1 Å². The van der Waals surface area contributed by atoms with Gasteiger partial charge in [-0.2, -0.15) is 0 Å². The molecule has 1 aromatic carbocycles. The summed E-state index contributed by atoms with van der Waals surface area (Å²) in [7, 11) is 1.56. The fourth-order valence-electron chi connectivity index (χ4n) is 1.50. The summed E-state index contributed by atoms with van der Waals surface area (Å²) in [4.78, 5) is 22.8. The first-order valence-corrected chi connectivity index (χ1v) is 6.81. The van der Waals surface area contributed by atoms with Gasteiger partial charge in [-0.15, -0.1) is 10.2 Å². The van der Waals surface area contributed by atoms with Gasteiger partial charge in [0.05, 0.1) is 0 Å². The summed E-state index contributed by atoms with van der Waals surface area (Å²) in [5, 5.41) is 11.4. The normalized spacial score (nSPS) is 10.2. The number of hydrogen-bond donors (Lipinski definition) is 1. The monoisotopic (exact) mass is 307 g/mol. The average molecular weight is 307 g/mol. The molecule has 2 aromatic rings. The Labute approximate surface area is 124 Å². The first-order chi connectivity index (χ1) is 10.1. The quantitative estimate of drug-likeness (QED) is 0.670. The standard InChI is InChI=1S/C13H13N3O4S/c1-8(17)20-10-5-3-9(4-6-10)12(18)14-13-16-15-11(21-13)7-19-2/h3-6H,7H2,1-2H3,(H,14,16,18). The SMILES string of the molecule is COCc1nnc(NC(=O)c2ccc(OC(C)=O)cc2)s1. The van der Waals surface area contributed by atoms with E-state index in [0.717, 1.165) is 0 Å². The molecule has 0 bridgehead atoms. The summed E-state index contributed by atoms with van der Waals surface area (Å²) in [6, 6.07) is 6.22. The van der Waals surface area contributed by atoms with E-state index in [0.29, 0.717) is 28.1 Å². The molecule has 0 aliphatic heterocycles. The topological polar surface area (TPSA) is 90.4 Å². The molecule has 0 spiro atoms. The van der Waals surface area contributed by atoms with Crippen LogP contribution in [0.5, 0.6) is 5.75 Å². The molecule has 0 fully saturated rings. The number of rotatable bonds is 5. The Morgan fingerprint density at radius 1 is 1.24 bits per heavy atom. The van der Waals surface area contributed by atoms with Crippen molar-refractivity contribution in [2.75, 3.05) is 12.4 Å². The number of esters is 1. The van der Waals surface area contributed by atoms with Crippen LogP contribution in [0.4, 0.5) is 5.13 Å².